The largest absolute Gasteiger partial charge is 0.493 e. The molecule has 1 heterocycles. The monoisotopic (exact) mass is 554 g/mol. The molecule has 176 valence electrons. The van der Waals surface area contributed by atoms with Gasteiger partial charge in [0.1, 0.15) is 0 Å². The van der Waals surface area contributed by atoms with E-state index in [1.54, 1.807) is 21.3 Å². The van der Waals surface area contributed by atoms with Gasteiger partial charge in [0.15, 0.2) is 17.5 Å². The lowest BCUT2D eigenvalue weighted by Gasteiger charge is -2.29. The number of nitrogens with one attached hydrogen (secondary N) is 2. The van der Waals surface area contributed by atoms with E-state index in [9.17, 15) is 5.11 Å². The number of piperidine rings is 1. The number of aliphatic imine (C=N–C) groups is 1. The van der Waals surface area contributed by atoms with Crippen molar-refractivity contribution in [2.24, 2.45) is 4.99 Å². The van der Waals surface area contributed by atoms with Crippen LogP contribution in [0.5, 0.6) is 11.5 Å². The second kappa shape index (κ2) is 13.5. The number of hydrogen-bond donors (Lipinski definition) is 3. The zero-order chi connectivity index (χ0) is 22.1. The van der Waals surface area contributed by atoms with Gasteiger partial charge in [-0.15, -0.1) is 24.0 Å². The third-order valence-electron chi connectivity index (χ3n) is 5.58. The van der Waals surface area contributed by atoms with Crippen LogP contribution in [0.25, 0.3) is 0 Å². The van der Waals surface area contributed by atoms with E-state index >= 15 is 0 Å². The number of hydrogen-bond acceptors (Lipinski definition) is 5. The first-order valence-electron chi connectivity index (χ1n) is 10.7. The number of ether oxygens (including phenoxy) is 2. The van der Waals surface area contributed by atoms with Gasteiger partial charge in [0.05, 0.1) is 20.3 Å². The molecule has 0 bridgehead atoms. The van der Waals surface area contributed by atoms with Crippen molar-refractivity contribution in [2.45, 2.75) is 38.6 Å². The van der Waals surface area contributed by atoms with Gasteiger partial charge in [0.25, 0.3) is 0 Å². The summed E-state index contributed by atoms with van der Waals surface area (Å²) >= 11 is 0. The number of halogens is 1. The lowest BCUT2D eigenvalue weighted by atomic mass is 10.1. The van der Waals surface area contributed by atoms with Crippen molar-refractivity contribution in [3.63, 3.8) is 0 Å². The summed E-state index contributed by atoms with van der Waals surface area (Å²) in [6, 6.07) is 14.5. The smallest absolute Gasteiger partial charge is 0.191 e. The highest BCUT2D eigenvalue weighted by Crippen LogP contribution is 2.27. The first-order chi connectivity index (χ1) is 15.1. The van der Waals surface area contributed by atoms with Crippen molar-refractivity contribution in [1.29, 1.82) is 0 Å². The van der Waals surface area contributed by atoms with Crippen molar-refractivity contribution in [3.8, 4) is 11.5 Å². The van der Waals surface area contributed by atoms with Gasteiger partial charge in [0.2, 0.25) is 0 Å². The first kappa shape index (κ1) is 26.2. The van der Waals surface area contributed by atoms with E-state index in [0.29, 0.717) is 18.8 Å². The van der Waals surface area contributed by atoms with Gasteiger partial charge in [-0.2, -0.15) is 0 Å². The molecule has 0 aliphatic carbocycles. The van der Waals surface area contributed by atoms with Gasteiger partial charge in [-0.3, -0.25) is 9.89 Å². The molecule has 7 nitrogen and oxygen atoms in total. The summed E-state index contributed by atoms with van der Waals surface area (Å²) in [7, 11) is 5.04. The van der Waals surface area contributed by atoms with Crippen LogP contribution in [0.3, 0.4) is 0 Å². The van der Waals surface area contributed by atoms with Crippen LogP contribution in [0.15, 0.2) is 47.5 Å². The summed E-state index contributed by atoms with van der Waals surface area (Å²) in [5, 5.41) is 16.3. The Hall–Kier alpha value is -2.04. The summed E-state index contributed by atoms with van der Waals surface area (Å²) in [4.78, 5) is 6.71. The number of aliphatic hydroxyl groups is 1. The minimum atomic E-state index is -0.125. The van der Waals surface area contributed by atoms with E-state index in [0.717, 1.165) is 49.7 Å². The molecule has 2 aromatic rings. The summed E-state index contributed by atoms with van der Waals surface area (Å²) in [5.74, 6) is 2.17. The summed E-state index contributed by atoms with van der Waals surface area (Å²) in [5.41, 5.74) is 3.58. The fourth-order valence-electron chi connectivity index (χ4n) is 3.68. The maximum absolute atomic E-state index is 9.64. The molecular formula is C24H35IN4O3. The van der Waals surface area contributed by atoms with E-state index in [2.05, 4.69) is 44.8 Å². The first-order valence-corrected chi connectivity index (χ1v) is 10.7. The molecule has 8 heteroatoms. The molecule has 1 fully saturated rings. The predicted molar refractivity (Wildman–Crippen MR) is 139 cm³/mol. The molecule has 1 aliphatic rings. The zero-order valence-corrected chi connectivity index (χ0v) is 21.5. The Bertz CT molecular complexity index is 853. The molecular weight excluding hydrogens is 519 g/mol. The van der Waals surface area contributed by atoms with E-state index in [1.807, 2.05) is 18.2 Å². The highest BCUT2D eigenvalue weighted by atomic mass is 127. The second-order valence-corrected chi connectivity index (χ2v) is 7.79. The van der Waals surface area contributed by atoms with Crippen molar-refractivity contribution in [1.82, 2.24) is 15.5 Å². The van der Waals surface area contributed by atoms with Gasteiger partial charge in [0, 0.05) is 39.8 Å². The molecule has 32 heavy (non-hydrogen) atoms. The Morgan fingerprint density at radius 1 is 0.938 bits per heavy atom. The van der Waals surface area contributed by atoms with E-state index < -0.39 is 0 Å². The summed E-state index contributed by atoms with van der Waals surface area (Å²) in [6.45, 7) is 4.19. The standard InChI is InChI=1S/C24H34N4O3.HI/c1-25-24(27-16-20-8-9-22(30-2)23(14-20)31-3)26-15-18-4-6-19(7-5-18)17-28-12-10-21(29)11-13-28;/h4-9,14,21,29H,10-13,15-17H2,1-3H3,(H2,25,26,27);1H. The number of benzene rings is 2. The van der Waals surface area contributed by atoms with Gasteiger partial charge in [-0.1, -0.05) is 30.3 Å². The Balaban J connectivity index is 0.00000363. The van der Waals surface area contributed by atoms with E-state index in [-0.39, 0.29) is 30.1 Å². The van der Waals surface area contributed by atoms with Crippen LogP contribution < -0.4 is 20.1 Å². The molecule has 0 aromatic heterocycles. The SMILES string of the molecule is CN=C(NCc1ccc(CN2CCC(O)CC2)cc1)NCc1ccc(OC)c(OC)c1.I. The van der Waals surface area contributed by atoms with Gasteiger partial charge in [-0.05, 0) is 41.7 Å². The number of guanidine groups is 1. The zero-order valence-electron chi connectivity index (χ0n) is 19.1. The van der Waals surface area contributed by atoms with Crippen LogP contribution in [0.2, 0.25) is 0 Å². The molecule has 0 unspecified atom stereocenters. The molecule has 0 amide bonds. The molecule has 0 spiro atoms. The van der Waals surface area contributed by atoms with Crippen molar-refractivity contribution < 1.29 is 14.6 Å². The fraction of sp³-hybridized carbons (Fsp3) is 0.458. The number of likely N-dealkylation sites (tertiary alicyclic amines) is 1. The van der Waals surface area contributed by atoms with E-state index in [1.165, 1.54) is 11.1 Å². The minimum absolute atomic E-state index is 0. The summed E-state index contributed by atoms with van der Waals surface area (Å²) < 4.78 is 10.7. The molecule has 0 atom stereocenters. The van der Waals surface area contributed by atoms with Crippen LogP contribution in [0, 0.1) is 0 Å². The lowest BCUT2D eigenvalue weighted by molar-refractivity contribution is 0.0792. The number of nitrogens with zero attached hydrogens (tertiary/aromatic N) is 2. The van der Waals surface area contributed by atoms with Crippen LogP contribution in [0.4, 0.5) is 0 Å². The van der Waals surface area contributed by atoms with Crippen LogP contribution >= 0.6 is 24.0 Å². The summed E-state index contributed by atoms with van der Waals surface area (Å²) in [6.07, 6.45) is 1.62. The normalized spacial score (nSPS) is 15.1. The van der Waals surface area contributed by atoms with Crippen molar-refractivity contribution in [2.75, 3.05) is 34.4 Å². The predicted octanol–water partition coefficient (Wildman–Crippen LogP) is 3.14. The number of methoxy groups -OCH3 is 2. The van der Waals surface area contributed by atoms with Crippen molar-refractivity contribution in [3.05, 3.63) is 59.2 Å². The third-order valence-corrected chi connectivity index (χ3v) is 5.58. The highest BCUT2D eigenvalue weighted by molar-refractivity contribution is 14.0. The number of aliphatic hydroxyl groups excluding tert-OH is 1. The molecule has 0 saturated carbocycles. The molecule has 2 aromatic carbocycles. The Morgan fingerprint density at radius 2 is 1.50 bits per heavy atom. The molecule has 1 saturated heterocycles. The van der Waals surface area contributed by atoms with Crippen LogP contribution in [0.1, 0.15) is 29.5 Å². The topological polar surface area (TPSA) is 78.4 Å². The van der Waals surface area contributed by atoms with Crippen LogP contribution in [-0.2, 0) is 19.6 Å². The average molecular weight is 554 g/mol. The third kappa shape index (κ3) is 7.83. The Morgan fingerprint density at radius 3 is 2.09 bits per heavy atom. The maximum atomic E-state index is 9.64. The fourth-order valence-corrected chi connectivity index (χ4v) is 3.68. The molecule has 0 radical (unpaired) electrons. The van der Waals surface area contributed by atoms with E-state index in [4.69, 9.17) is 9.47 Å². The highest BCUT2D eigenvalue weighted by Gasteiger charge is 2.16. The lowest BCUT2D eigenvalue weighted by Crippen LogP contribution is -2.36. The van der Waals surface area contributed by atoms with Crippen LogP contribution in [-0.4, -0.2) is 56.4 Å². The second-order valence-electron chi connectivity index (χ2n) is 7.79. The minimum Gasteiger partial charge on any atom is -0.493 e. The number of rotatable bonds is 8. The average Bonchev–Trinajstić information content (AvgIpc) is 2.81. The van der Waals surface area contributed by atoms with Crippen molar-refractivity contribution >= 4 is 29.9 Å². The Kier molecular flexibility index (Phi) is 11.1. The maximum Gasteiger partial charge on any atom is 0.191 e. The Labute approximate surface area is 208 Å². The molecule has 3 rings (SSSR count). The molecule has 3 N–H and O–H groups in total. The van der Waals surface area contributed by atoms with Gasteiger partial charge >= 0.3 is 0 Å². The quantitative estimate of drug-likeness (QED) is 0.265. The van der Waals surface area contributed by atoms with Gasteiger partial charge < -0.3 is 25.2 Å². The molecule has 1 aliphatic heterocycles. The van der Waals surface area contributed by atoms with Gasteiger partial charge in [-0.25, -0.2) is 0 Å².